The second-order valence-corrected chi connectivity index (χ2v) is 8.82. The van der Waals surface area contributed by atoms with Crippen LogP contribution in [0.1, 0.15) is 48.2 Å². The molecule has 1 saturated carbocycles. The third kappa shape index (κ3) is 3.52. The van der Waals surface area contributed by atoms with Crippen molar-refractivity contribution in [1.29, 1.82) is 0 Å². The number of hydrogen-bond donors (Lipinski definition) is 1. The van der Waals surface area contributed by atoms with Crippen molar-refractivity contribution in [2.75, 3.05) is 0 Å². The molecule has 1 aliphatic carbocycles. The fourth-order valence-corrected chi connectivity index (χ4v) is 4.96. The molecule has 1 N–H and O–H groups in total. The molecule has 6 heteroatoms. The number of benzene rings is 1. The molecule has 0 atom stereocenters. The zero-order chi connectivity index (χ0) is 20.5. The maximum Gasteiger partial charge on any atom is 0.252 e. The highest BCUT2D eigenvalue weighted by Gasteiger charge is 2.23. The fraction of sp³-hybridized carbons (Fsp3) is 0.292. The van der Waals surface area contributed by atoms with Crippen LogP contribution < -0.4 is 5.32 Å². The van der Waals surface area contributed by atoms with Crippen molar-refractivity contribution in [3.05, 3.63) is 65.2 Å². The van der Waals surface area contributed by atoms with Gasteiger partial charge in [-0.3, -0.25) is 4.79 Å². The van der Waals surface area contributed by atoms with E-state index in [1.165, 1.54) is 19.3 Å². The number of aromatic nitrogens is 3. The molecule has 0 bridgehead atoms. The van der Waals surface area contributed by atoms with E-state index in [1.54, 1.807) is 11.3 Å². The maximum absolute atomic E-state index is 13.4. The van der Waals surface area contributed by atoms with Crippen molar-refractivity contribution in [3.8, 4) is 16.3 Å². The molecule has 0 radical (unpaired) electrons. The number of amides is 1. The summed E-state index contributed by atoms with van der Waals surface area (Å²) < 4.78 is 1.85. The zero-order valence-corrected chi connectivity index (χ0v) is 17.8. The summed E-state index contributed by atoms with van der Waals surface area (Å²) in [6, 6.07) is 16.2. The summed E-state index contributed by atoms with van der Waals surface area (Å²) in [6.07, 6.45) is 5.74. The number of nitrogens with zero attached hydrogens (tertiary/aromatic N) is 3. The summed E-state index contributed by atoms with van der Waals surface area (Å²) in [7, 11) is 0. The van der Waals surface area contributed by atoms with Crippen LogP contribution in [-0.2, 0) is 0 Å². The number of aryl methyl sites for hydroxylation is 1. The predicted molar refractivity (Wildman–Crippen MR) is 121 cm³/mol. The van der Waals surface area contributed by atoms with Gasteiger partial charge in [0.2, 0.25) is 0 Å². The van der Waals surface area contributed by atoms with Crippen molar-refractivity contribution in [1.82, 2.24) is 20.1 Å². The molecular weight excluding hydrogens is 392 g/mol. The van der Waals surface area contributed by atoms with Crippen molar-refractivity contribution in [3.63, 3.8) is 0 Å². The van der Waals surface area contributed by atoms with Crippen LogP contribution in [0, 0.1) is 6.92 Å². The SMILES string of the molecule is Cc1nn(-c2ccccc2)c2nc(-c3cccs3)cc(C(=O)NC3CCCCC3)c12. The quantitative estimate of drug-likeness (QED) is 0.476. The second kappa shape index (κ2) is 8.03. The van der Waals surface area contributed by atoms with Crippen molar-refractivity contribution >= 4 is 28.3 Å². The van der Waals surface area contributed by atoms with Gasteiger partial charge in [0, 0.05) is 6.04 Å². The summed E-state index contributed by atoms with van der Waals surface area (Å²) in [5, 5.41) is 10.9. The largest absolute Gasteiger partial charge is 0.349 e. The number of nitrogens with one attached hydrogen (secondary N) is 1. The summed E-state index contributed by atoms with van der Waals surface area (Å²) in [5.74, 6) is -0.0252. The lowest BCUT2D eigenvalue weighted by molar-refractivity contribution is 0.0929. The normalized spacial score (nSPS) is 14.8. The minimum atomic E-state index is -0.0252. The highest BCUT2D eigenvalue weighted by atomic mass is 32.1. The number of carbonyl (C=O) groups excluding carboxylic acids is 1. The van der Waals surface area contributed by atoms with Gasteiger partial charge in [0.25, 0.3) is 5.91 Å². The molecule has 0 aliphatic heterocycles. The Morgan fingerprint density at radius 3 is 2.63 bits per heavy atom. The average molecular weight is 417 g/mol. The molecule has 3 aromatic heterocycles. The Balaban J connectivity index is 1.66. The average Bonchev–Trinajstić information content (AvgIpc) is 3.43. The Bertz CT molecular complexity index is 1180. The lowest BCUT2D eigenvalue weighted by Gasteiger charge is -2.23. The van der Waals surface area contributed by atoms with E-state index in [-0.39, 0.29) is 11.9 Å². The number of fused-ring (bicyclic) bond motifs is 1. The molecule has 4 aromatic rings. The topological polar surface area (TPSA) is 59.8 Å². The predicted octanol–water partition coefficient (Wildman–Crippen LogP) is 5.52. The summed E-state index contributed by atoms with van der Waals surface area (Å²) in [4.78, 5) is 19.4. The highest BCUT2D eigenvalue weighted by molar-refractivity contribution is 7.13. The second-order valence-electron chi connectivity index (χ2n) is 7.87. The third-order valence-electron chi connectivity index (χ3n) is 5.77. The Morgan fingerprint density at radius 1 is 1.10 bits per heavy atom. The van der Waals surface area contributed by atoms with Crippen LogP contribution in [0.5, 0.6) is 0 Å². The van der Waals surface area contributed by atoms with Crippen molar-refractivity contribution < 1.29 is 4.79 Å². The molecule has 0 saturated heterocycles. The standard InChI is InChI=1S/C24H24N4OS/c1-16-22-19(24(29)25-17-9-4-2-5-10-17)15-20(21-13-8-14-30-21)26-23(22)28(27-16)18-11-6-3-7-12-18/h3,6-8,11-15,17H,2,4-5,9-10H2,1H3,(H,25,29). The summed E-state index contributed by atoms with van der Waals surface area (Å²) in [5.41, 5.74) is 3.94. The molecule has 3 heterocycles. The van der Waals surface area contributed by atoms with E-state index in [2.05, 4.69) is 5.32 Å². The van der Waals surface area contributed by atoms with Gasteiger partial charge < -0.3 is 5.32 Å². The molecule has 0 spiro atoms. The van der Waals surface area contributed by atoms with Crippen LogP contribution in [0.3, 0.4) is 0 Å². The minimum Gasteiger partial charge on any atom is -0.349 e. The summed E-state index contributed by atoms with van der Waals surface area (Å²) in [6.45, 7) is 1.95. The van der Waals surface area contributed by atoms with E-state index in [0.717, 1.165) is 45.8 Å². The highest BCUT2D eigenvalue weighted by Crippen LogP contribution is 2.31. The Labute approximate surface area is 179 Å². The Kier molecular flexibility index (Phi) is 5.09. The third-order valence-corrected chi connectivity index (χ3v) is 6.66. The minimum absolute atomic E-state index is 0.0252. The number of rotatable bonds is 4. The fourth-order valence-electron chi connectivity index (χ4n) is 4.28. The number of pyridine rings is 1. The molecular formula is C24H24N4OS. The van der Waals surface area contributed by atoms with Gasteiger partial charge in [-0.15, -0.1) is 11.3 Å². The van der Waals surface area contributed by atoms with Gasteiger partial charge in [-0.2, -0.15) is 5.10 Å². The van der Waals surface area contributed by atoms with Crippen LogP contribution in [-0.4, -0.2) is 26.7 Å². The molecule has 1 amide bonds. The number of thiophene rings is 1. The lowest BCUT2D eigenvalue weighted by Crippen LogP contribution is -2.36. The monoisotopic (exact) mass is 416 g/mol. The molecule has 30 heavy (non-hydrogen) atoms. The molecule has 5 rings (SSSR count). The first-order valence-corrected chi connectivity index (χ1v) is 11.4. The zero-order valence-electron chi connectivity index (χ0n) is 17.0. The van der Waals surface area contributed by atoms with E-state index in [0.29, 0.717) is 5.56 Å². The van der Waals surface area contributed by atoms with E-state index in [9.17, 15) is 4.79 Å². The molecule has 152 valence electrons. The Hall–Kier alpha value is -2.99. The first kappa shape index (κ1) is 19.0. The smallest absolute Gasteiger partial charge is 0.252 e. The van der Waals surface area contributed by atoms with Crippen LogP contribution in [0.2, 0.25) is 0 Å². The van der Waals surface area contributed by atoms with Gasteiger partial charge in [0.1, 0.15) is 0 Å². The number of para-hydroxylation sites is 1. The van der Waals surface area contributed by atoms with E-state index < -0.39 is 0 Å². The maximum atomic E-state index is 13.4. The summed E-state index contributed by atoms with van der Waals surface area (Å²) >= 11 is 1.63. The van der Waals surface area contributed by atoms with E-state index >= 15 is 0 Å². The van der Waals surface area contributed by atoms with Crippen LogP contribution in [0.25, 0.3) is 27.3 Å². The van der Waals surface area contributed by atoms with Crippen LogP contribution >= 0.6 is 11.3 Å². The van der Waals surface area contributed by atoms with Crippen molar-refractivity contribution in [2.45, 2.75) is 45.1 Å². The van der Waals surface area contributed by atoms with Gasteiger partial charge in [-0.25, -0.2) is 9.67 Å². The molecule has 1 aromatic carbocycles. The van der Waals surface area contributed by atoms with Gasteiger partial charge in [0.05, 0.1) is 32.9 Å². The molecule has 1 fully saturated rings. The first-order chi connectivity index (χ1) is 14.7. The van der Waals surface area contributed by atoms with Gasteiger partial charge in [0.15, 0.2) is 5.65 Å². The van der Waals surface area contributed by atoms with Crippen molar-refractivity contribution in [2.24, 2.45) is 0 Å². The molecule has 1 aliphatic rings. The van der Waals surface area contributed by atoms with Crippen LogP contribution in [0.15, 0.2) is 53.9 Å². The van der Waals surface area contributed by atoms with Gasteiger partial charge >= 0.3 is 0 Å². The first-order valence-electron chi connectivity index (χ1n) is 10.5. The number of hydrogen-bond acceptors (Lipinski definition) is 4. The van der Waals surface area contributed by atoms with Gasteiger partial charge in [-0.1, -0.05) is 43.5 Å². The number of carbonyl (C=O) groups is 1. The van der Waals surface area contributed by atoms with Gasteiger partial charge in [-0.05, 0) is 49.4 Å². The van der Waals surface area contributed by atoms with E-state index in [4.69, 9.17) is 10.1 Å². The molecule has 5 nitrogen and oxygen atoms in total. The lowest BCUT2D eigenvalue weighted by atomic mass is 9.95. The van der Waals surface area contributed by atoms with Crippen LogP contribution in [0.4, 0.5) is 0 Å². The Morgan fingerprint density at radius 2 is 1.90 bits per heavy atom. The van der Waals surface area contributed by atoms with E-state index in [1.807, 2.05) is 65.5 Å². The molecule has 0 unspecified atom stereocenters.